The first kappa shape index (κ1) is 14.1. The van der Waals surface area contributed by atoms with E-state index in [2.05, 4.69) is 0 Å². The summed E-state index contributed by atoms with van der Waals surface area (Å²) in [5.74, 6) is -0.352. The number of hydrogen-bond donors (Lipinski definition) is 1. The molecule has 0 fully saturated rings. The number of carbonyl (C=O) groups excluding carboxylic acids is 1. The minimum atomic E-state index is -0.501. The first-order chi connectivity index (χ1) is 10.5. The monoisotopic (exact) mass is 300 g/mol. The van der Waals surface area contributed by atoms with Gasteiger partial charge in [-0.1, -0.05) is 6.07 Å². The Bertz CT molecular complexity index is 766. The first-order valence-corrected chi connectivity index (χ1v) is 7.00. The van der Waals surface area contributed by atoms with Gasteiger partial charge in [-0.3, -0.25) is 4.79 Å². The van der Waals surface area contributed by atoms with Gasteiger partial charge in [0.25, 0.3) is 5.91 Å². The average Bonchev–Trinajstić information content (AvgIpc) is 2.88. The minimum Gasteiger partial charge on any atom is -0.398 e. The van der Waals surface area contributed by atoms with Gasteiger partial charge in [-0.2, -0.15) is 0 Å². The molecule has 3 rings (SSSR count). The van der Waals surface area contributed by atoms with Crippen LogP contribution in [0.25, 0.3) is 0 Å². The fraction of sp³-hybridized carbons (Fsp3) is 0.267. The lowest BCUT2D eigenvalue weighted by Gasteiger charge is -2.29. The maximum absolute atomic E-state index is 12.8. The molecule has 114 valence electrons. The van der Waals surface area contributed by atoms with Crippen molar-refractivity contribution in [3.8, 4) is 0 Å². The molecule has 0 aliphatic carbocycles. The Morgan fingerprint density at radius 2 is 2.09 bits per heavy atom. The van der Waals surface area contributed by atoms with Gasteiger partial charge in [-0.25, -0.2) is 4.57 Å². The van der Waals surface area contributed by atoms with E-state index in [-0.39, 0.29) is 11.7 Å². The van der Waals surface area contributed by atoms with E-state index < -0.39 is 4.92 Å². The molecular weight excluding hydrogens is 284 g/mol. The van der Waals surface area contributed by atoms with E-state index in [9.17, 15) is 14.9 Å². The predicted molar refractivity (Wildman–Crippen MR) is 82.9 cm³/mol. The molecule has 7 heteroatoms. The molecule has 1 amide bonds. The van der Waals surface area contributed by atoms with Gasteiger partial charge < -0.3 is 20.7 Å². The lowest BCUT2D eigenvalue weighted by molar-refractivity contribution is -0.391. The Morgan fingerprint density at radius 1 is 1.32 bits per heavy atom. The number of benzene rings is 1. The van der Waals surface area contributed by atoms with E-state index in [0.717, 1.165) is 24.1 Å². The molecule has 2 N–H and O–H groups in total. The Morgan fingerprint density at radius 3 is 2.77 bits per heavy atom. The van der Waals surface area contributed by atoms with Crippen molar-refractivity contribution in [2.75, 3.05) is 17.2 Å². The summed E-state index contributed by atoms with van der Waals surface area (Å²) in [5, 5.41) is 10.9. The summed E-state index contributed by atoms with van der Waals surface area (Å²) in [6.07, 6.45) is 1.65. The highest BCUT2D eigenvalue weighted by Gasteiger charge is 2.29. The van der Waals surface area contributed by atoms with E-state index in [4.69, 9.17) is 5.73 Å². The smallest absolute Gasteiger partial charge is 0.323 e. The molecule has 0 saturated carbocycles. The Balaban J connectivity index is 2.01. The second-order valence-corrected chi connectivity index (χ2v) is 5.30. The molecule has 1 aliphatic heterocycles. The van der Waals surface area contributed by atoms with Crippen LogP contribution in [0.15, 0.2) is 30.3 Å². The van der Waals surface area contributed by atoms with Crippen molar-refractivity contribution in [1.29, 1.82) is 0 Å². The van der Waals surface area contributed by atoms with E-state index in [1.807, 2.05) is 18.2 Å². The number of hydrogen-bond acceptors (Lipinski definition) is 4. The maximum Gasteiger partial charge on any atom is 0.323 e. The number of nitrogen functional groups attached to an aromatic ring is 1. The maximum atomic E-state index is 12.8. The van der Waals surface area contributed by atoms with Crippen LogP contribution in [-0.2, 0) is 13.5 Å². The van der Waals surface area contributed by atoms with Gasteiger partial charge in [0, 0.05) is 24.0 Å². The third-order valence-corrected chi connectivity index (χ3v) is 4.03. The van der Waals surface area contributed by atoms with Gasteiger partial charge in [0.1, 0.15) is 0 Å². The number of nitro groups is 1. The summed E-state index contributed by atoms with van der Waals surface area (Å²) in [6, 6.07) is 8.33. The number of nitrogens with zero attached hydrogens (tertiary/aromatic N) is 3. The zero-order chi connectivity index (χ0) is 15.9. The van der Waals surface area contributed by atoms with Crippen molar-refractivity contribution < 1.29 is 9.72 Å². The van der Waals surface area contributed by atoms with Crippen molar-refractivity contribution in [1.82, 2.24) is 4.57 Å². The summed E-state index contributed by atoms with van der Waals surface area (Å²) in [6.45, 7) is 0.578. The average molecular weight is 300 g/mol. The van der Waals surface area contributed by atoms with Crippen LogP contribution in [-0.4, -0.2) is 21.9 Å². The molecule has 2 aromatic rings. The Labute approximate surface area is 127 Å². The van der Waals surface area contributed by atoms with E-state index >= 15 is 0 Å². The van der Waals surface area contributed by atoms with Crippen LogP contribution < -0.4 is 10.6 Å². The standard InChI is InChI=1S/C15H16N4O3/c1-17-13(7-8-14(17)19(21)22)15(20)18-9-3-4-10-11(16)5-2-6-12(10)18/h2,5-8H,3-4,9,16H2,1H3. The Hall–Kier alpha value is -2.83. The van der Waals surface area contributed by atoms with Crippen LogP contribution in [0.5, 0.6) is 0 Å². The summed E-state index contributed by atoms with van der Waals surface area (Å²) in [5.41, 5.74) is 8.71. The highest BCUT2D eigenvalue weighted by atomic mass is 16.6. The predicted octanol–water partition coefficient (Wildman–Crippen LogP) is 2.11. The van der Waals surface area contributed by atoms with E-state index in [0.29, 0.717) is 17.9 Å². The molecule has 0 radical (unpaired) electrons. The quantitative estimate of drug-likeness (QED) is 0.522. The summed E-state index contributed by atoms with van der Waals surface area (Å²) < 4.78 is 1.31. The first-order valence-electron chi connectivity index (χ1n) is 7.00. The van der Waals surface area contributed by atoms with Crippen LogP contribution in [0.2, 0.25) is 0 Å². The van der Waals surface area contributed by atoms with Gasteiger partial charge in [-0.05, 0) is 41.5 Å². The SMILES string of the molecule is Cn1c(C(=O)N2CCCc3c(N)cccc32)ccc1[N+](=O)[O-]. The van der Waals surface area contributed by atoms with Gasteiger partial charge >= 0.3 is 5.82 Å². The lowest BCUT2D eigenvalue weighted by atomic mass is 9.99. The highest BCUT2D eigenvalue weighted by molar-refractivity contribution is 6.06. The second-order valence-electron chi connectivity index (χ2n) is 5.30. The highest BCUT2D eigenvalue weighted by Crippen LogP contribution is 2.32. The molecule has 0 unspecified atom stereocenters. The third kappa shape index (κ3) is 2.11. The van der Waals surface area contributed by atoms with E-state index in [1.165, 1.54) is 23.7 Å². The minimum absolute atomic E-state index is 0.104. The Kier molecular flexibility index (Phi) is 3.32. The molecule has 2 heterocycles. The zero-order valence-corrected chi connectivity index (χ0v) is 12.2. The van der Waals surface area contributed by atoms with Crippen LogP contribution >= 0.6 is 0 Å². The molecule has 0 spiro atoms. The molecule has 7 nitrogen and oxygen atoms in total. The van der Waals surface area contributed by atoms with E-state index in [1.54, 1.807) is 4.90 Å². The molecule has 1 aromatic carbocycles. The zero-order valence-electron chi connectivity index (χ0n) is 12.2. The number of carbonyl (C=O) groups is 1. The van der Waals surface area contributed by atoms with Crippen LogP contribution in [0.1, 0.15) is 22.5 Å². The fourth-order valence-electron chi connectivity index (χ4n) is 2.90. The topological polar surface area (TPSA) is 94.4 Å². The fourth-order valence-corrected chi connectivity index (χ4v) is 2.90. The van der Waals surface area contributed by atoms with Gasteiger partial charge in [0.15, 0.2) is 5.69 Å². The third-order valence-electron chi connectivity index (χ3n) is 4.03. The number of rotatable bonds is 2. The summed E-state index contributed by atoms with van der Waals surface area (Å²) in [7, 11) is 1.52. The molecule has 0 bridgehead atoms. The van der Waals surface area contributed by atoms with Crippen molar-refractivity contribution in [2.45, 2.75) is 12.8 Å². The van der Waals surface area contributed by atoms with Gasteiger partial charge in [0.2, 0.25) is 0 Å². The van der Waals surface area contributed by atoms with Crippen LogP contribution in [0, 0.1) is 10.1 Å². The largest absolute Gasteiger partial charge is 0.398 e. The van der Waals surface area contributed by atoms with Crippen molar-refractivity contribution in [3.05, 3.63) is 51.7 Å². The molecular formula is C15H16N4O3. The van der Waals surface area contributed by atoms with Gasteiger partial charge in [-0.15, -0.1) is 0 Å². The molecule has 0 atom stereocenters. The number of fused-ring (bicyclic) bond motifs is 1. The van der Waals surface area contributed by atoms with Crippen molar-refractivity contribution in [2.24, 2.45) is 7.05 Å². The van der Waals surface area contributed by atoms with Crippen molar-refractivity contribution in [3.63, 3.8) is 0 Å². The number of nitrogens with two attached hydrogens (primary N) is 1. The number of amides is 1. The second kappa shape index (κ2) is 5.18. The number of aromatic nitrogens is 1. The molecule has 1 aromatic heterocycles. The summed E-state index contributed by atoms with van der Waals surface area (Å²) >= 11 is 0. The van der Waals surface area contributed by atoms with Crippen molar-refractivity contribution >= 4 is 23.1 Å². The normalized spacial score (nSPS) is 13.8. The van der Waals surface area contributed by atoms with Crippen LogP contribution in [0.4, 0.5) is 17.2 Å². The lowest BCUT2D eigenvalue weighted by Crippen LogP contribution is -2.36. The molecule has 0 saturated heterocycles. The van der Waals surface area contributed by atoms with Gasteiger partial charge in [0.05, 0.1) is 7.05 Å². The van der Waals surface area contributed by atoms with Crippen LogP contribution in [0.3, 0.4) is 0 Å². The molecule has 1 aliphatic rings. The summed E-state index contributed by atoms with van der Waals surface area (Å²) in [4.78, 5) is 24.8. The molecule has 22 heavy (non-hydrogen) atoms. The number of anilines is 2.